The summed E-state index contributed by atoms with van der Waals surface area (Å²) in [6, 6.07) is 8.21. The maximum Gasteiger partial charge on any atom is 0.241 e. The Kier molecular flexibility index (Phi) is 4.25. The third-order valence-electron chi connectivity index (χ3n) is 4.13. The number of benzene rings is 1. The van der Waals surface area contributed by atoms with Crippen molar-refractivity contribution < 1.29 is 4.79 Å². The number of fused-ring (bicyclic) bond motifs is 1. The molecule has 0 saturated carbocycles. The Hall–Kier alpha value is -1.81. The van der Waals surface area contributed by atoms with Crippen LogP contribution in [0.25, 0.3) is 10.9 Å². The SMILES string of the molecule is CCCn1ccc2cc(NC(=O)[C@H]3CCCCN3)ccc21. The van der Waals surface area contributed by atoms with E-state index < -0.39 is 0 Å². The van der Waals surface area contributed by atoms with Crippen molar-refractivity contribution in [1.29, 1.82) is 0 Å². The molecular weight excluding hydrogens is 262 g/mol. The van der Waals surface area contributed by atoms with Crippen molar-refractivity contribution >= 4 is 22.5 Å². The normalized spacial score (nSPS) is 18.8. The van der Waals surface area contributed by atoms with Gasteiger partial charge in [0.15, 0.2) is 0 Å². The van der Waals surface area contributed by atoms with E-state index >= 15 is 0 Å². The fourth-order valence-corrected chi connectivity index (χ4v) is 3.02. The number of aromatic nitrogens is 1. The van der Waals surface area contributed by atoms with Crippen molar-refractivity contribution in [3.05, 3.63) is 30.5 Å². The molecule has 1 atom stereocenters. The van der Waals surface area contributed by atoms with Crippen LogP contribution in [-0.4, -0.2) is 23.1 Å². The molecule has 2 N–H and O–H groups in total. The third kappa shape index (κ3) is 3.10. The van der Waals surface area contributed by atoms with Crippen molar-refractivity contribution in [2.24, 2.45) is 0 Å². The third-order valence-corrected chi connectivity index (χ3v) is 4.13. The molecule has 0 spiro atoms. The van der Waals surface area contributed by atoms with Crippen LogP contribution in [0.5, 0.6) is 0 Å². The van der Waals surface area contributed by atoms with Gasteiger partial charge in [0.05, 0.1) is 6.04 Å². The Morgan fingerprint density at radius 2 is 2.29 bits per heavy atom. The first-order valence-electron chi connectivity index (χ1n) is 7.91. The van der Waals surface area contributed by atoms with E-state index in [9.17, 15) is 4.79 Å². The Labute approximate surface area is 125 Å². The number of carbonyl (C=O) groups excluding carboxylic acids is 1. The molecule has 21 heavy (non-hydrogen) atoms. The Morgan fingerprint density at radius 1 is 1.38 bits per heavy atom. The Balaban J connectivity index is 1.73. The van der Waals surface area contributed by atoms with Gasteiger partial charge >= 0.3 is 0 Å². The van der Waals surface area contributed by atoms with Gasteiger partial charge in [0.25, 0.3) is 0 Å². The van der Waals surface area contributed by atoms with E-state index in [1.807, 2.05) is 6.07 Å². The number of piperidine rings is 1. The number of hydrogen-bond donors (Lipinski definition) is 2. The summed E-state index contributed by atoms with van der Waals surface area (Å²) in [4.78, 5) is 12.2. The van der Waals surface area contributed by atoms with E-state index in [0.29, 0.717) is 0 Å². The molecule has 1 saturated heterocycles. The van der Waals surface area contributed by atoms with Crippen molar-refractivity contribution in [1.82, 2.24) is 9.88 Å². The van der Waals surface area contributed by atoms with Crippen molar-refractivity contribution in [2.75, 3.05) is 11.9 Å². The lowest BCUT2D eigenvalue weighted by Gasteiger charge is -2.22. The van der Waals surface area contributed by atoms with Crippen LogP contribution in [-0.2, 0) is 11.3 Å². The molecule has 3 rings (SSSR count). The number of nitrogens with one attached hydrogen (secondary N) is 2. The van der Waals surface area contributed by atoms with Gasteiger partial charge in [-0.3, -0.25) is 4.79 Å². The lowest BCUT2D eigenvalue weighted by molar-refractivity contribution is -0.118. The van der Waals surface area contributed by atoms with Gasteiger partial charge in [-0.1, -0.05) is 13.3 Å². The second-order valence-corrected chi connectivity index (χ2v) is 5.77. The molecule has 4 heteroatoms. The number of carbonyl (C=O) groups is 1. The molecule has 2 heterocycles. The Morgan fingerprint density at radius 3 is 3.05 bits per heavy atom. The topological polar surface area (TPSA) is 46.1 Å². The molecule has 0 unspecified atom stereocenters. The van der Waals surface area contributed by atoms with Crippen LogP contribution in [0, 0.1) is 0 Å². The average molecular weight is 285 g/mol. The van der Waals surface area contributed by atoms with Gasteiger partial charge in [0.2, 0.25) is 5.91 Å². The van der Waals surface area contributed by atoms with Gasteiger partial charge in [-0.2, -0.15) is 0 Å². The van der Waals surface area contributed by atoms with E-state index in [0.717, 1.165) is 38.0 Å². The molecule has 0 aliphatic carbocycles. The van der Waals surface area contributed by atoms with Gasteiger partial charge in [0.1, 0.15) is 0 Å². The second-order valence-electron chi connectivity index (χ2n) is 5.77. The maximum atomic E-state index is 12.2. The molecule has 1 fully saturated rings. The van der Waals surface area contributed by atoms with Crippen LogP contribution in [0.15, 0.2) is 30.5 Å². The number of nitrogens with zero attached hydrogens (tertiary/aromatic N) is 1. The van der Waals surface area contributed by atoms with E-state index in [-0.39, 0.29) is 11.9 Å². The summed E-state index contributed by atoms with van der Waals surface area (Å²) < 4.78 is 2.25. The molecule has 1 aromatic carbocycles. The summed E-state index contributed by atoms with van der Waals surface area (Å²) in [5.41, 5.74) is 2.11. The number of aryl methyl sites for hydroxylation is 1. The van der Waals surface area contributed by atoms with Crippen LogP contribution < -0.4 is 10.6 Å². The molecule has 1 aromatic heterocycles. The smallest absolute Gasteiger partial charge is 0.241 e. The summed E-state index contributed by atoms with van der Waals surface area (Å²) >= 11 is 0. The zero-order valence-corrected chi connectivity index (χ0v) is 12.6. The van der Waals surface area contributed by atoms with E-state index in [1.54, 1.807) is 0 Å². The molecule has 4 nitrogen and oxygen atoms in total. The maximum absolute atomic E-state index is 12.2. The lowest BCUT2D eigenvalue weighted by Crippen LogP contribution is -2.43. The highest BCUT2D eigenvalue weighted by Gasteiger charge is 2.20. The Bertz CT molecular complexity index is 626. The average Bonchev–Trinajstić information content (AvgIpc) is 2.91. The van der Waals surface area contributed by atoms with Crippen molar-refractivity contribution in [3.8, 4) is 0 Å². The summed E-state index contributed by atoms with van der Waals surface area (Å²) in [5, 5.41) is 7.49. The number of hydrogen-bond acceptors (Lipinski definition) is 2. The van der Waals surface area contributed by atoms with Gasteiger partial charge < -0.3 is 15.2 Å². The monoisotopic (exact) mass is 285 g/mol. The van der Waals surface area contributed by atoms with Crippen LogP contribution in [0.3, 0.4) is 0 Å². The van der Waals surface area contributed by atoms with E-state index in [4.69, 9.17) is 0 Å². The van der Waals surface area contributed by atoms with Crippen molar-refractivity contribution in [3.63, 3.8) is 0 Å². The first kappa shape index (κ1) is 14.1. The minimum Gasteiger partial charge on any atom is -0.347 e. The van der Waals surface area contributed by atoms with Gasteiger partial charge in [-0.25, -0.2) is 0 Å². The van der Waals surface area contributed by atoms with Crippen molar-refractivity contribution in [2.45, 2.75) is 45.2 Å². The standard InChI is InChI=1S/C17H23N3O/c1-2-10-20-11-8-13-12-14(6-7-16(13)20)19-17(21)15-5-3-4-9-18-15/h6-8,11-12,15,18H,2-5,9-10H2,1H3,(H,19,21)/t15-/m1/s1. The van der Waals surface area contributed by atoms with Crippen LogP contribution in [0.1, 0.15) is 32.6 Å². The predicted octanol–water partition coefficient (Wildman–Crippen LogP) is 3.13. The largest absolute Gasteiger partial charge is 0.347 e. The summed E-state index contributed by atoms with van der Waals surface area (Å²) in [7, 11) is 0. The highest BCUT2D eigenvalue weighted by Crippen LogP contribution is 2.21. The first-order valence-corrected chi connectivity index (χ1v) is 7.91. The number of anilines is 1. The summed E-state index contributed by atoms with van der Waals surface area (Å²) in [6.07, 6.45) is 6.46. The quantitative estimate of drug-likeness (QED) is 0.906. The number of amides is 1. The van der Waals surface area contributed by atoms with E-state index in [2.05, 4.69) is 46.5 Å². The molecule has 1 aliphatic heterocycles. The highest BCUT2D eigenvalue weighted by atomic mass is 16.2. The van der Waals surface area contributed by atoms with Crippen LogP contribution >= 0.6 is 0 Å². The highest BCUT2D eigenvalue weighted by molar-refractivity contribution is 5.97. The summed E-state index contributed by atoms with van der Waals surface area (Å²) in [5.74, 6) is 0.0852. The molecule has 1 aliphatic rings. The van der Waals surface area contributed by atoms with Gasteiger partial charge in [-0.15, -0.1) is 0 Å². The fraction of sp³-hybridized carbons (Fsp3) is 0.471. The minimum absolute atomic E-state index is 0.0425. The molecule has 0 bridgehead atoms. The number of rotatable bonds is 4. The van der Waals surface area contributed by atoms with E-state index in [1.165, 1.54) is 17.3 Å². The molecule has 1 amide bonds. The fourth-order valence-electron chi connectivity index (χ4n) is 3.02. The second kappa shape index (κ2) is 6.31. The minimum atomic E-state index is -0.0425. The lowest BCUT2D eigenvalue weighted by atomic mass is 10.0. The van der Waals surface area contributed by atoms with Crippen LogP contribution in [0.2, 0.25) is 0 Å². The van der Waals surface area contributed by atoms with Crippen LogP contribution in [0.4, 0.5) is 5.69 Å². The first-order chi connectivity index (χ1) is 10.3. The molecular formula is C17H23N3O. The predicted molar refractivity (Wildman–Crippen MR) is 86.5 cm³/mol. The molecule has 2 aromatic rings. The van der Waals surface area contributed by atoms with Gasteiger partial charge in [-0.05, 0) is 50.1 Å². The molecule has 0 radical (unpaired) electrons. The van der Waals surface area contributed by atoms with Gasteiger partial charge in [0, 0.05) is 29.3 Å². The zero-order valence-electron chi connectivity index (χ0n) is 12.6. The zero-order chi connectivity index (χ0) is 14.7. The summed E-state index contributed by atoms with van der Waals surface area (Å²) in [6.45, 7) is 4.15. The molecule has 112 valence electrons.